The van der Waals surface area contributed by atoms with E-state index >= 15 is 0 Å². The lowest BCUT2D eigenvalue weighted by Gasteiger charge is -2.12. The summed E-state index contributed by atoms with van der Waals surface area (Å²) in [5.74, 6) is 0.502. The number of hydrogen-bond donors (Lipinski definition) is 1. The van der Waals surface area contributed by atoms with Crippen molar-refractivity contribution in [2.45, 2.75) is 12.3 Å². The average molecular weight is 170 g/mol. The van der Waals surface area contributed by atoms with Crippen LogP contribution in [0.25, 0.3) is 0 Å². The third-order valence-corrected chi connectivity index (χ3v) is 2.28. The molecule has 0 amide bonds. The Labute approximate surface area is 78.6 Å². The maximum Gasteiger partial charge on any atom is 0.0314 e. The van der Waals surface area contributed by atoms with E-state index in [0.29, 0.717) is 5.92 Å². The van der Waals surface area contributed by atoms with Gasteiger partial charge >= 0.3 is 0 Å². The van der Waals surface area contributed by atoms with Crippen molar-refractivity contribution in [1.82, 2.24) is 0 Å². The Bertz CT molecular complexity index is 333. The van der Waals surface area contributed by atoms with Gasteiger partial charge < -0.3 is 5.73 Å². The van der Waals surface area contributed by atoms with E-state index in [4.69, 9.17) is 5.73 Å². The Morgan fingerprint density at radius 2 is 2.00 bits per heavy atom. The molecule has 1 aromatic carbocycles. The van der Waals surface area contributed by atoms with Gasteiger partial charge in [0.15, 0.2) is 0 Å². The van der Waals surface area contributed by atoms with Crippen molar-refractivity contribution in [2.24, 2.45) is 0 Å². The zero-order chi connectivity index (χ0) is 9.10. The van der Waals surface area contributed by atoms with Gasteiger partial charge in [0, 0.05) is 11.6 Å². The van der Waals surface area contributed by atoms with Gasteiger partial charge in [-0.25, -0.2) is 0 Å². The quantitative estimate of drug-likeness (QED) is 0.644. The molecule has 1 aliphatic carbocycles. The molecule has 0 heterocycles. The molecular formula is C12H12N. The van der Waals surface area contributed by atoms with Gasteiger partial charge in [-0.2, -0.15) is 0 Å². The van der Waals surface area contributed by atoms with E-state index in [-0.39, 0.29) is 0 Å². The van der Waals surface area contributed by atoms with Crippen molar-refractivity contribution in [3.05, 3.63) is 54.1 Å². The first-order valence-corrected chi connectivity index (χ1v) is 4.46. The van der Waals surface area contributed by atoms with Gasteiger partial charge in [0.1, 0.15) is 0 Å². The molecule has 1 radical (unpaired) electrons. The lowest BCUT2D eigenvalue weighted by Crippen LogP contribution is -1.96. The van der Waals surface area contributed by atoms with Crippen LogP contribution in [0.3, 0.4) is 0 Å². The number of nitrogens with two attached hydrogens (primary N) is 1. The van der Waals surface area contributed by atoms with E-state index in [9.17, 15) is 0 Å². The maximum atomic E-state index is 5.62. The Morgan fingerprint density at radius 3 is 2.62 bits per heavy atom. The fourth-order valence-corrected chi connectivity index (χ4v) is 1.50. The molecule has 1 heteroatoms. The minimum absolute atomic E-state index is 0.502. The van der Waals surface area contributed by atoms with E-state index in [1.54, 1.807) is 0 Å². The highest BCUT2D eigenvalue weighted by molar-refractivity contribution is 5.41. The summed E-state index contributed by atoms with van der Waals surface area (Å²) in [5.41, 5.74) is 7.77. The molecule has 0 spiro atoms. The third kappa shape index (κ3) is 1.81. The normalized spacial score (nSPS) is 20.5. The number of benzene rings is 1. The van der Waals surface area contributed by atoms with Crippen LogP contribution < -0.4 is 5.73 Å². The Hall–Kier alpha value is -1.50. The Balaban J connectivity index is 2.21. The zero-order valence-electron chi connectivity index (χ0n) is 7.40. The summed E-state index contributed by atoms with van der Waals surface area (Å²) in [6.07, 6.45) is 10.3. The van der Waals surface area contributed by atoms with Gasteiger partial charge in [0.2, 0.25) is 0 Å². The Morgan fingerprint density at radius 1 is 1.23 bits per heavy atom. The van der Waals surface area contributed by atoms with Crippen molar-refractivity contribution in [3.8, 4) is 0 Å². The number of allylic oxidation sites excluding steroid dienone is 4. The fraction of sp³-hybridized carbons (Fsp3) is 0.167. The number of anilines is 1. The molecule has 2 rings (SSSR count). The van der Waals surface area contributed by atoms with Crippen LogP contribution >= 0.6 is 0 Å². The first-order valence-electron chi connectivity index (χ1n) is 4.46. The minimum atomic E-state index is 0.502. The van der Waals surface area contributed by atoms with Crippen molar-refractivity contribution >= 4 is 5.69 Å². The summed E-state index contributed by atoms with van der Waals surface area (Å²) < 4.78 is 0. The molecule has 1 atom stereocenters. The highest BCUT2D eigenvalue weighted by Gasteiger charge is 2.07. The summed E-state index contributed by atoms with van der Waals surface area (Å²) in [6.45, 7) is 0. The van der Waals surface area contributed by atoms with Crippen LogP contribution in [-0.2, 0) is 0 Å². The van der Waals surface area contributed by atoms with Crippen LogP contribution in [0.1, 0.15) is 17.9 Å². The van der Waals surface area contributed by atoms with Gasteiger partial charge in [-0.1, -0.05) is 30.4 Å². The monoisotopic (exact) mass is 170 g/mol. The summed E-state index contributed by atoms with van der Waals surface area (Å²) in [6, 6.07) is 8.07. The first kappa shape index (κ1) is 8.11. The van der Waals surface area contributed by atoms with Crippen LogP contribution in [0.5, 0.6) is 0 Å². The molecule has 1 aromatic rings. The van der Waals surface area contributed by atoms with Crippen LogP contribution in [0, 0.1) is 6.08 Å². The lowest BCUT2D eigenvalue weighted by molar-refractivity contribution is 0.851. The van der Waals surface area contributed by atoms with E-state index in [2.05, 4.69) is 30.4 Å². The lowest BCUT2D eigenvalue weighted by atomic mass is 9.93. The fourth-order valence-electron chi connectivity index (χ4n) is 1.50. The highest BCUT2D eigenvalue weighted by atomic mass is 14.5. The summed E-state index contributed by atoms with van der Waals surface area (Å²) in [7, 11) is 0. The third-order valence-electron chi connectivity index (χ3n) is 2.28. The zero-order valence-corrected chi connectivity index (χ0v) is 7.40. The SMILES string of the molecule is Nc1ccc([C@H]2C=C[C]=CC2)cc1. The first-order chi connectivity index (χ1) is 6.36. The molecule has 0 aromatic heterocycles. The molecule has 13 heavy (non-hydrogen) atoms. The Kier molecular flexibility index (Phi) is 2.17. The van der Waals surface area contributed by atoms with Crippen LogP contribution in [-0.4, -0.2) is 0 Å². The smallest absolute Gasteiger partial charge is 0.0314 e. The molecule has 0 aliphatic heterocycles. The molecular weight excluding hydrogens is 158 g/mol. The number of rotatable bonds is 1. The molecule has 1 aliphatic rings. The van der Waals surface area contributed by atoms with E-state index < -0.39 is 0 Å². The topological polar surface area (TPSA) is 26.0 Å². The predicted molar refractivity (Wildman–Crippen MR) is 55.2 cm³/mol. The summed E-state index contributed by atoms with van der Waals surface area (Å²) in [5, 5.41) is 0. The molecule has 0 fully saturated rings. The molecule has 0 bridgehead atoms. The van der Waals surface area contributed by atoms with Gasteiger partial charge in [-0.3, -0.25) is 0 Å². The van der Waals surface area contributed by atoms with Crippen molar-refractivity contribution in [2.75, 3.05) is 5.73 Å². The molecule has 65 valence electrons. The van der Waals surface area contributed by atoms with E-state index in [0.717, 1.165) is 12.1 Å². The molecule has 0 saturated heterocycles. The van der Waals surface area contributed by atoms with Gasteiger partial charge in [-0.05, 0) is 30.2 Å². The summed E-state index contributed by atoms with van der Waals surface area (Å²) in [4.78, 5) is 0. The van der Waals surface area contributed by atoms with Crippen molar-refractivity contribution < 1.29 is 0 Å². The average Bonchev–Trinajstić information content (AvgIpc) is 2.20. The van der Waals surface area contributed by atoms with Gasteiger partial charge in [0.25, 0.3) is 0 Å². The molecule has 2 N–H and O–H groups in total. The second-order valence-electron chi connectivity index (χ2n) is 3.24. The number of hydrogen-bond acceptors (Lipinski definition) is 1. The standard InChI is InChI=1S/C12H12N/c13-12-8-6-11(7-9-12)10-4-2-1-3-5-10/h2-4,6-10H,5,13H2/t10-/m0/s1. The highest BCUT2D eigenvalue weighted by Crippen LogP contribution is 2.24. The summed E-state index contributed by atoms with van der Waals surface area (Å²) >= 11 is 0. The maximum absolute atomic E-state index is 5.62. The minimum Gasteiger partial charge on any atom is -0.399 e. The van der Waals surface area contributed by atoms with E-state index in [1.165, 1.54) is 5.56 Å². The second kappa shape index (κ2) is 3.48. The van der Waals surface area contributed by atoms with Gasteiger partial charge in [0.05, 0.1) is 0 Å². The second-order valence-corrected chi connectivity index (χ2v) is 3.24. The predicted octanol–water partition coefficient (Wildman–Crippen LogP) is 2.67. The van der Waals surface area contributed by atoms with Crippen LogP contribution in [0.2, 0.25) is 0 Å². The van der Waals surface area contributed by atoms with Crippen LogP contribution in [0.4, 0.5) is 5.69 Å². The molecule has 1 nitrogen and oxygen atoms in total. The van der Waals surface area contributed by atoms with Gasteiger partial charge in [-0.15, -0.1) is 0 Å². The van der Waals surface area contributed by atoms with Crippen molar-refractivity contribution in [3.63, 3.8) is 0 Å². The van der Waals surface area contributed by atoms with Crippen molar-refractivity contribution in [1.29, 1.82) is 0 Å². The van der Waals surface area contributed by atoms with Crippen LogP contribution in [0.15, 0.2) is 42.5 Å². The van der Waals surface area contributed by atoms with E-state index in [1.807, 2.05) is 18.2 Å². The molecule has 0 unspecified atom stereocenters. The number of nitrogen functional groups attached to an aromatic ring is 1. The molecule has 0 saturated carbocycles. The largest absolute Gasteiger partial charge is 0.399 e.